The van der Waals surface area contributed by atoms with Gasteiger partial charge in [0.05, 0.1) is 27.3 Å². The number of carboxylic acids is 1. The molecule has 3 atom stereocenters. The summed E-state index contributed by atoms with van der Waals surface area (Å²) < 4.78 is 0. The fourth-order valence-electron chi connectivity index (χ4n) is 4.80. The molecule has 2 aliphatic rings. The molecule has 3 aromatic carbocycles. The number of nitrogens with one attached hydrogen (secondary N) is 1. The molecule has 0 bridgehead atoms. The first-order valence-electron chi connectivity index (χ1n) is 9.20. The summed E-state index contributed by atoms with van der Waals surface area (Å²) in [6.45, 7) is 0. The topological polar surface area (TPSA) is 49.3 Å². The zero-order valence-corrected chi connectivity index (χ0v) is 16.3. The number of benzene rings is 3. The molecule has 0 saturated carbocycles. The van der Waals surface area contributed by atoms with Crippen molar-refractivity contribution in [2.45, 2.75) is 18.4 Å². The largest absolute Gasteiger partial charge is 0.478 e. The molecular formula is C23H17Cl2NO2. The van der Waals surface area contributed by atoms with Crippen molar-refractivity contribution in [1.82, 2.24) is 0 Å². The van der Waals surface area contributed by atoms with Gasteiger partial charge in [-0.2, -0.15) is 0 Å². The van der Waals surface area contributed by atoms with Crippen molar-refractivity contribution in [3.63, 3.8) is 0 Å². The highest BCUT2D eigenvalue weighted by atomic mass is 35.5. The summed E-state index contributed by atoms with van der Waals surface area (Å²) >= 11 is 12.4. The summed E-state index contributed by atoms with van der Waals surface area (Å²) in [5.74, 6) is -0.514. The van der Waals surface area contributed by atoms with Crippen molar-refractivity contribution in [3.8, 4) is 0 Å². The smallest absolute Gasteiger partial charge is 0.337 e. The first-order chi connectivity index (χ1) is 13.5. The third-order valence-electron chi connectivity index (χ3n) is 5.97. The summed E-state index contributed by atoms with van der Waals surface area (Å²) in [5, 5.41) is 14.3. The van der Waals surface area contributed by atoms with Crippen LogP contribution in [0.3, 0.4) is 0 Å². The van der Waals surface area contributed by atoms with E-state index in [2.05, 4.69) is 29.6 Å². The second kappa shape index (κ2) is 6.54. The molecule has 0 saturated heterocycles. The summed E-state index contributed by atoms with van der Waals surface area (Å²) in [4.78, 5) is 11.9. The number of carboxylic acid groups (broad SMARTS) is 1. The molecular weight excluding hydrogens is 393 g/mol. The minimum atomic E-state index is -0.929. The van der Waals surface area contributed by atoms with Crippen LogP contribution in [0.25, 0.3) is 0 Å². The molecule has 1 aliphatic carbocycles. The summed E-state index contributed by atoms with van der Waals surface area (Å²) in [5.41, 5.74) is 5.66. The fraction of sp³-hybridized carbons (Fsp3) is 0.174. The highest BCUT2D eigenvalue weighted by Gasteiger charge is 2.44. The van der Waals surface area contributed by atoms with E-state index in [0.29, 0.717) is 21.3 Å². The van der Waals surface area contributed by atoms with Crippen molar-refractivity contribution in [3.05, 3.63) is 98.5 Å². The average Bonchev–Trinajstić information content (AvgIpc) is 3.09. The van der Waals surface area contributed by atoms with E-state index in [9.17, 15) is 9.90 Å². The summed E-state index contributed by atoms with van der Waals surface area (Å²) in [7, 11) is 0. The molecule has 1 heterocycles. The van der Waals surface area contributed by atoms with Crippen molar-refractivity contribution >= 4 is 34.9 Å². The Balaban J connectivity index is 1.72. The molecule has 0 fully saturated rings. The van der Waals surface area contributed by atoms with Gasteiger partial charge in [-0.15, -0.1) is 0 Å². The van der Waals surface area contributed by atoms with Crippen LogP contribution in [-0.2, 0) is 6.42 Å². The number of para-hydroxylation sites is 1. The summed E-state index contributed by atoms with van der Waals surface area (Å²) in [6, 6.07) is 19.6. The number of hydrogen-bond acceptors (Lipinski definition) is 2. The van der Waals surface area contributed by atoms with Gasteiger partial charge in [-0.05, 0) is 52.8 Å². The predicted molar refractivity (Wildman–Crippen MR) is 112 cm³/mol. The molecule has 0 unspecified atom stereocenters. The zero-order valence-electron chi connectivity index (χ0n) is 14.8. The van der Waals surface area contributed by atoms with Gasteiger partial charge in [0.2, 0.25) is 0 Å². The Morgan fingerprint density at radius 2 is 1.75 bits per heavy atom. The maximum atomic E-state index is 11.9. The number of fused-ring (bicyclic) bond motifs is 5. The van der Waals surface area contributed by atoms with E-state index >= 15 is 0 Å². The average molecular weight is 410 g/mol. The van der Waals surface area contributed by atoms with Gasteiger partial charge in [0, 0.05) is 5.92 Å². The molecule has 0 amide bonds. The molecule has 28 heavy (non-hydrogen) atoms. The number of anilines is 1. The first-order valence-corrected chi connectivity index (χ1v) is 9.95. The lowest BCUT2D eigenvalue weighted by Gasteiger charge is -2.38. The lowest BCUT2D eigenvalue weighted by Crippen LogP contribution is -2.31. The number of aromatic carboxylic acids is 1. The minimum absolute atomic E-state index is 0.0554. The van der Waals surface area contributed by atoms with Crippen LogP contribution in [0.4, 0.5) is 5.69 Å². The second-order valence-corrected chi connectivity index (χ2v) is 8.23. The lowest BCUT2D eigenvalue weighted by atomic mass is 9.75. The third kappa shape index (κ3) is 2.61. The van der Waals surface area contributed by atoms with E-state index in [4.69, 9.17) is 23.2 Å². The zero-order chi connectivity index (χ0) is 19.4. The van der Waals surface area contributed by atoms with Crippen LogP contribution in [0, 0.1) is 5.92 Å². The molecule has 0 radical (unpaired) electrons. The normalized spacial score (nSPS) is 22.0. The van der Waals surface area contributed by atoms with Gasteiger partial charge in [-0.25, -0.2) is 4.79 Å². The highest BCUT2D eigenvalue weighted by molar-refractivity contribution is 6.42. The van der Waals surface area contributed by atoms with Crippen LogP contribution in [0.2, 0.25) is 10.0 Å². The summed E-state index contributed by atoms with van der Waals surface area (Å²) in [6.07, 6.45) is 0.926. The Bertz CT molecular complexity index is 1110. The van der Waals surface area contributed by atoms with Crippen molar-refractivity contribution in [2.24, 2.45) is 5.92 Å². The molecule has 0 spiro atoms. The Labute approximate surface area is 172 Å². The Morgan fingerprint density at radius 3 is 2.54 bits per heavy atom. The number of rotatable bonds is 2. The minimum Gasteiger partial charge on any atom is -0.478 e. The molecule has 0 aromatic heterocycles. The van der Waals surface area contributed by atoms with Crippen LogP contribution in [0.15, 0.2) is 60.7 Å². The number of carbonyl (C=O) groups is 1. The van der Waals surface area contributed by atoms with Crippen molar-refractivity contribution in [1.29, 1.82) is 0 Å². The molecule has 140 valence electrons. The third-order valence-corrected chi connectivity index (χ3v) is 6.71. The number of hydrogen-bond donors (Lipinski definition) is 2. The van der Waals surface area contributed by atoms with Gasteiger partial charge in [-0.3, -0.25) is 0 Å². The van der Waals surface area contributed by atoms with E-state index in [0.717, 1.165) is 17.5 Å². The van der Waals surface area contributed by atoms with Crippen LogP contribution >= 0.6 is 23.2 Å². The molecule has 3 aromatic rings. The van der Waals surface area contributed by atoms with Crippen LogP contribution in [0.1, 0.15) is 44.6 Å². The van der Waals surface area contributed by atoms with Crippen LogP contribution < -0.4 is 5.32 Å². The van der Waals surface area contributed by atoms with Gasteiger partial charge in [-0.1, -0.05) is 65.7 Å². The Kier molecular flexibility index (Phi) is 4.11. The lowest BCUT2D eigenvalue weighted by molar-refractivity contribution is 0.0697. The van der Waals surface area contributed by atoms with Crippen molar-refractivity contribution in [2.75, 3.05) is 5.32 Å². The van der Waals surface area contributed by atoms with Crippen molar-refractivity contribution < 1.29 is 9.90 Å². The SMILES string of the molecule is O=C(O)c1cccc2c1N[C@H](c1ccc(Cl)c(Cl)c1)[C@H]1Cc3ccccc3[C@H]21. The van der Waals surface area contributed by atoms with E-state index in [1.807, 2.05) is 24.3 Å². The van der Waals surface area contributed by atoms with Gasteiger partial charge >= 0.3 is 5.97 Å². The molecule has 1 aliphatic heterocycles. The molecule has 5 heteroatoms. The van der Waals surface area contributed by atoms with Gasteiger partial charge in [0.25, 0.3) is 0 Å². The van der Waals surface area contributed by atoms with Gasteiger partial charge in [0.1, 0.15) is 0 Å². The van der Waals surface area contributed by atoms with E-state index in [-0.39, 0.29) is 17.9 Å². The molecule has 2 N–H and O–H groups in total. The monoisotopic (exact) mass is 409 g/mol. The molecule has 5 rings (SSSR count). The number of halogens is 2. The second-order valence-electron chi connectivity index (χ2n) is 7.41. The fourth-order valence-corrected chi connectivity index (χ4v) is 5.11. The van der Waals surface area contributed by atoms with Crippen LogP contribution in [-0.4, -0.2) is 11.1 Å². The maximum Gasteiger partial charge on any atom is 0.337 e. The van der Waals surface area contributed by atoms with Crippen LogP contribution in [0.5, 0.6) is 0 Å². The van der Waals surface area contributed by atoms with Gasteiger partial charge in [0.15, 0.2) is 0 Å². The van der Waals surface area contributed by atoms with E-state index in [1.165, 1.54) is 11.1 Å². The quantitative estimate of drug-likeness (QED) is 0.532. The maximum absolute atomic E-state index is 11.9. The standard InChI is InChI=1S/C23H17Cl2NO2/c24-18-9-8-13(11-19(18)25)21-17-10-12-4-1-2-5-14(12)20(17)15-6-3-7-16(23(27)28)22(15)26-21/h1-9,11,17,20-21,26H,10H2,(H,27,28)/t17-,20+,21+/m0/s1. The van der Waals surface area contributed by atoms with Gasteiger partial charge < -0.3 is 10.4 Å². The predicted octanol–water partition coefficient (Wildman–Crippen LogP) is 6.16. The first kappa shape index (κ1) is 17.6. The van der Waals surface area contributed by atoms with E-state index < -0.39 is 5.97 Å². The molecule has 3 nitrogen and oxygen atoms in total. The Morgan fingerprint density at radius 1 is 0.964 bits per heavy atom. The highest BCUT2D eigenvalue weighted by Crippen LogP contribution is 2.54. The Hall–Kier alpha value is -2.49. The van der Waals surface area contributed by atoms with E-state index in [1.54, 1.807) is 12.1 Å².